The number of anilines is 1. The molecule has 2 heterocycles. The first kappa shape index (κ1) is 12.3. The summed E-state index contributed by atoms with van der Waals surface area (Å²) in [7, 11) is 0. The van der Waals surface area contributed by atoms with Crippen LogP contribution in [-0.2, 0) is 4.74 Å². The molecule has 4 nitrogen and oxygen atoms in total. The summed E-state index contributed by atoms with van der Waals surface area (Å²) in [5.74, 6) is 0. The molecule has 1 aliphatic rings. The van der Waals surface area contributed by atoms with Crippen LogP contribution in [0.2, 0.25) is 0 Å². The second-order valence-corrected chi connectivity index (χ2v) is 4.76. The van der Waals surface area contributed by atoms with Crippen molar-refractivity contribution >= 4 is 5.69 Å². The fourth-order valence-corrected chi connectivity index (χ4v) is 2.18. The molecule has 2 rings (SSSR count). The molecule has 0 spiro atoms. The number of nitrogens with one attached hydrogen (secondary N) is 2. The largest absolute Gasteiger partial charge is 0.381 e. The van der Waals surface area contributed by atoms with Gasteiger partial charge in [0, 0.05) is 31.0 Å². The average Bonchev–Trinajstić information content (AvgIpc) is 2.30. The van der Waals surface area contributed by atoms with E-state index in [1.165, 1.54) is 5.56 Å². The topological polar surface area (TPSA) is 46.2 Å². The van der Waals surface area contributed by atoms with Crippen LogP contribution in [0.1, 0.15) is 18.9 Å². The zero-order valence-corrected chi connectivity index (χ0v) is 10.6. The van der Waals surface area contributed by atoms with Crippen LogP contribution >= 0.6 is 0 Å². The predicted octanol–water partition coefficient (Wildman–Crippen LogP) is 1.57. The Kier molecular flexibility index (Phi) is 4.34. The van der Waals surface area contributed by atoms with Gasteiger partial charge in [0.25, 0.3) is 0 Å². The smallest absolute Gasteiger partial charge is 0.0621 e. The van der Waals surface area contributed by atoms with Gasteiger partial charge in [0.2, 0.25) is 0 Å². The minimum absolute atomic E-state index is 0.415. The molecule has 2 N–H and O–H groups in total. The third-order valence-corrected chi connectivity index (χ3v) is 2.92. The van der Waals surface area contributed by atoms with Crippen LogP contribution in [0.5, 0.6) is 0 Å². The Morgan fingerprint density at radius 1 is 1.59 bits per heavy atom. The summed E-state index contributed by atoms with van der Waals surface area (Å²) in [4.78, 5) is 4.18. The molecule has 1 aliphatic heterocycles. The van der Waals surface area contributed by atoms with E-state index in [0.29, 0.717) is 12.1 Å². The van der Waals surface area contributed by atoms with Crippen molar-refractivity contribution in [3.05, 3.63) is 24.0 Å². The van der Waals surface area contributed by atoms with Crippen molar-refractivity contribution < 1.29 is 4.74 Å². The molecule has 0 radical (unpaired) electrons. The van der Waals surface area contributed by atoms with E-state index in [2.05, 4.69) is 35.5 Å². The van der Waals surface area contributed by atoms with Crippen molar-refractivity contribution in [3.8, 4) is 0 Å². The SMILES string of the molecule is Cc1cncc(NC(C)CC2COCCN2)c1. The minimum atomic E-state index is 0.415. The minimum Gasteiger partial charge on any atom is -0.381 e. The molecule has 1 fully saturated rings. The fraction of sp³-hybridized carbons (Fsp3) is 0.615. The fourth-order valence-electron chi connectivity index (χ4n) is 2.18. The van der Waals surface area contributed by atoms with Crippen LogP contribution in [0, 0.1) is 6.92 Å². The Labute approximate surface area is 103 Å². The Morgan fingerprint density at radius 3 is 3.18 bits per heavy atom. The Bertz CT molecular complexity index is 350. The maximum absolute atomic E-state index is 5.45. The van der Waals surface area contributed by atoms with Gasteiger partial charge in [0.15, 0.2) is 0 Å². The number of pyridine rings is 1. The normalized spacial score (nSPS) is 22.1. The van der Waals surface area contributed by atoms with E-state index in [9.17, 15) is 0 Å². The van der Waals surface area contributed by atoms with Gasteiger partial charge in [-0.1, -0.05) is 0 Å². The summed E-state index contributed by atoms with van der Waals surface area (Å²) in [6.07, 6.45) is 4.80. The highest BCUT2D eigenvalue weighted by atomic mass is 16.5. The quantitative estimate of drug-likeness (QED) is 0.831. The van der Waals surface area contributed by atoms with Crippen LogP contribution < -0.4 is 10.6 Å². The lowest BCUT2D eigenvalue weighted by atomic mass is 10.1. The lowest BCUT2D eigenvalue weighted by Gasteiger charge is -2.27. The lowest BCUT2D eigenvalue weighted by Crippen LogP contribution is -2.43. The number of nitrogens with zero attached hydrogens (tertiary/aromatic N) is 1. The number of aryl methyl sites for hydroxylation is 1. The van der Waals surface area contributed by atoms with E-state index in [-0.39, 0.29) is 0 Å². The molecule has 0 aromatic carbocycles. The highest BCUT2D eigenvalue weighted by molar-refractivity contribution is 5.43. The summed E-state index contributed by atoms with van der Waals surface area (Å²) in [5, 5.41) is 6.94. The monoisotopic (exact) mass is 235 g/mol. The van der Waals surface area contributed by atoms with Crippen molar-refractivity contribution in [3.63, 3.8) is 0 Å². The summed E-state index contributed by atoms with van der Waals surface area (Å²) in [5.41, 5.74) is 2.27. The summed E-state index contributed by atoms with van der Waals surface area (Å²) < 4.78 is 5.45. The van der Waals surface area contributed by atoms with Crippen LogP contribution in [0.25, 0.3) is 0 Å². The summed E-state index contributed by atoms with van der Waals surface area (Å²) in [6.45, 7) is 6.86. The predicted molar refractivity (Wildman–Crippen MR) is 69.3 cm³/mol. The molecule has 0 saturated carbocycles. The molecule has 2 unspecified atom stereocenters. The van der Waals surface area contributed by atoms with Gasteiger partial charge < -0.3 is 15.4 Å². The van der Waals surface area contributed by atoms with Gasteiger partial charge in [0.1, 0.15) is 0 Å². The van der Waals surface area contributed by atoms with E-state index in [1.807, 2.05) is 12.4 Å². The molecule has 0 amide bonds. The van der Waals surface area contributed by atoms with Crippen LogP contribution in [0.4, 0.5) is 5.69 Å². The van der Waals surface area contributed by atoms with Gasteiger partial charge in [-0.3, -0.25) is 4.98 Å². The number of hydrogen-bond donors (Lipinski definition) is 2. The molecule has 4 heteroatoms. The average molecular weight is 235 g/mol. The van der Waals surface area contributed by atoms with Crippen molar-refractivity contribution in [2.75, 3.05) is 25.1 Å². The third-order valence-electron chi connectivity index (χ3n) is 2.92. The van der Waals surface area contributed by atoms with E-state index < -0.39 is 0 Å². The van der Waals surface area contributed by atoms with Gasteiger partial charge in [-0.2, -0.15) is 0 Å². The number of aromatic nitrogens is 1. The van der Waals surface area contributed by atoms with Crippen molar-refractivity contribution in [2.45, 2.75) is 32.4 Å². The first-order valence-electron chi connectivity index (χ1n) is 6.23. The van der Waals surface area contributed by atoms with Gasteiger partial charge >= 0.3 is 0 Å². The lowest BCUT2D eigenvalue weighted by molar-refractivity contribution is 0.0731. The Balaban J connectivity index is 1.82. The van der Waals surface area contributed by atoms with Gasteiger partial charge in [-0.05, 0) is 31.9 Å². The van der Waals surface area contributed by atoms with Crippen LogP contribution in [0.3, 0.4) is 0 Å². The van der Waals surface area contributed by atoms with E-state index >= 15 is 0 Å². The van der Waals surface area contributed by atoms with Crippen molar-refractivity contribution in [1.82, 2.24) is 10.3 Å². The standard InChI is InChI=1S/C13H21N3O/c1-10-5-12(8-14-7-10)16-11(2)6-13-9-17-4-3-15-13/h5,7-8,11,13,15-16H,3-4,6,9H2,1-2H3. The molecular formula is C13H21N3O. The molecule has 1 aromatic rings. The first-order valence-corrected chi connectivity index (χ1v) is 6.23. The Hall–Kier alpha value is -1.13. The van der Waals surface area contributed by atoms with Crippen LogP contribution in [0.15, 0.2) is 18.5 Å². The number of morpholine rings is 1. The molecule has 17 heavy (non-hydrogen) atoms. The number of ether oxygens (including phenoxy) is 1. The van der Waals surface area contributed by atoms with E-state index in [4.69, 9.17) is 4.74 Å². The molecule has 94 valence electrons. The zero-order chi connectivity index (χ0) is 12.1. The third kappa shape index (κ3) is 3.98. The highest BCUT2D eigenvalue weighted by Crippen LogP contribution is 2.11. The molecular weight excluding hydrogens is 214 g/mol. The highest BCUT2D eigenvalue weighted by Gasteiger charge is 2.16. The molecule has 0 bridgehead atoms. The second-order valence-electron chi connectivity index (χ2n) is 4.76. The molecule has 1 saturated heterocycles. The molecule has 2 atom stereocenters. The van der Waals surface area contributed by atoms with Gasteiger partial charge in [0.05, 0.1) is 18.9 Å². The first-order chi connectivity index (χ1) is 8.24. The van der Waals surface area contributed by atoms with E-state index in [0.717, 1.165) is 31.9 Å². The molecule has 0 aliphatic carbocycles. The maximum atomic E-state index is 5.45. The van der Waals surface area contributed by atoms with Gasteiger partial charge in [-0.25, -0.2) is 0 Å². The Morgan fingerprint density at radius 2 is 2.47 bits per heavy atom. The van der Waals surface area contributed by atoms with Crippen molar-refractivity contribution in [1.29, 1.82) is 0 Å². The summed E-state index contributed by atoms with van der Waals surface area (Å²) in [6, 6.07) is 3.00. The maximum Gasteiger partial charge on any atom is 0.0621 e. The van der Waals surface area contributed by atoms with Crippen molar-refractivity contribution in [2.24, 2.45) is 0 Å². The summed E-state index contributed by atoms with van der Waals surface area (Å²) >= 11 is 0. The number of rotatable bonds is 4. The van der Waals surface area contributed by atoms with Crippen LogP contribution in [-0.4, -0.2) is 36.8 Å². The zero-order valence-electron chi connectivity index (χ0n) is 10.6. The van der Waals surface area contributed by atoms with E-state index in [1.54, 1.807) is 0 Å². The molecule has 1 aromatic heterocycles. The number of hydrogen-bond acceptors (Lipinski definition) is 4. The second kappa shape index (κ2) is 5.98. The van der Waals surface area contributed by atoms with Gasteiger partial charge in [-0.15, -0.1) is 0 Å².